The summed E-state index contributed by atoms with van der Waals surface area (Å²) in [6.45, 7) is 6.24. The summed E-state index contributed by atoms with van der Waals surface area (Å²) in [6.07, 6.45) is 1.56. The molecular weight excluding hydrogens is 214 g/mol. The molecule has 94 valence electrons. The number of Topliss-reactive ketones (excluding diaryl/α,β-unsaturated/α-hetero) is 1. The number of hydrogen-bond donors (Lipinski definition) is 1. The van der Waals surface area contributed by atoms with Gasteiger partial charge in [0.05, 0.1) is 17.7 Å². The second-order valence-corrected chi connectivity index (χ2v) is 4.43. The van der Waals surface area contributed by atoms with E-state index in [1.165, 1.54) is 0 Å². The van der Waals surface area contributed by atoms with Gasteiger partial charge in [0, 0.05) is 0 Å². The quantitative estimate of drug-likeness (QED) is 0.771. The number of nitrogens with two attached hydrogens (primary N) is 1. The van der Waals surface area contributed by atoms with Crippen LogP contribution in [0.2, 0.25) is 0 Å². The van der Waals surface area contributed by atoms with Gasteiger partial charge in [0.1, 0.15) is 5.75 Å². The van der Waals surface area contributed by atoms with Gasteiger partial charge >= 0.3 is 0 Å². The van der Waals surface area contributed by atoms with E-state index in [9.17, 15) is 4.79 Å². The topological polar surface area (TPSA) is 52.3 Å². The zero-order valence-electron chi connectivity index (χ0n) is 10.8. The monoisotopic (exact) mass is 235 g/mol. The van der Waals surface area contributed by atoms with Crippen molar-refractivity contribution in [2.45, 2.75) is 39.2 Å². The van der Waals surface area contributed by atoms with Crippen LogP contribution in [0.1, 0.15) is 44.0 Å². The molecule has 2 N–H and O–H groups in total. The third-order valence-electron chi connectivity index (χ3n) is 2.72. The Morgan fingerprint density at radius 2 is 2.00 bits per heavy atom. The average Bonchev–Trinajstić information content (AvgIpc) is 2.29. The first-order chi connectivity index (χ1) is 8.03. The Hall–Kier alpha value is -1.35. The van der Waals surface area contributed by atoms with Gasteiger partial charge in [-0.25, -0.2) is 0 Å². The number of hydrogen-bond acceptors (Lipinski definition) is 3. The third-order valence-corrected chi connectivity index (χ3v) is 2.72. The summed E-state index contributed by atoms with van der Waals surface area (Å²) < 4.78 is 5.46. The SMILES string of the molecule is CCCC(C)(N)C(=O)c1ccccc1OCC. The van der Waals surface area contributed by atoms with Crippen molar-refractivity contribution in [1.82, 2.24) is 0 Å². The fourth-order valence-corrected chi connectivity index (χ4v) is 1.88. The maximum absolute atomic E-state index is 12.3. The van der Waals surface area contributed by atoms with Crippen LogP contribution < -0.4 is 10.5 Å². The summed E-state index contributed by atoms with van der Waals surface area (Å²) in [4.78, 5) is 12.3. The van der Waals surface area contributed by atoms with Crippen molar-refractivity contribution in [3.05, 3.63) is 29.8 Å². The molecule has 0 heterocycles. The zero-order chi connectivity index (χ0) is 12.9. The Morgan fingerprint density at radius 1 is 1.35 bits per heavy atom. The lowest BCUT2D eigenvalue weighted by Crippen LogP contribution is -2.44. The van der Waals surface area contributed by atoms with Crippen LogP contribution in [-0.2, 0) is 0 Å². The van der Waals surface area contributed by atoms with Crippen LogP contribution in [0.5, 0.6) is 5.75 Å². The van der Waals surface area contributed by atoms with Gasteiger partial charge in [0.2, 0.25) is 0 Å². The van der Waals surface area contributed by atoms with E-state index in [2.05, 4.69) is 0 Å². The van der Waals surface area contributed by atoms with Gasteiger partial charge in [0.25, 0.3) is 0 Å². The maximum atomic E-state index is 12.3. The number of ether oxygens (including phenoxy) is 1. The van der Waals surface area contributed by atoms with E-state index in [1.807, 2.05) is 26.0 Å². The van der Waals surface area contributed by atoms with Gasteiger partial charge in [-0.3, -0.25) is 4.79 Å². The van der Waals surface area contributed by atoms with E-state index in [1.54, 1.807) is 19.1 Å². The van der Waals surface area contributed by atoms with Crippen molar-refractivity contribution in [2.24, 2.45) is 5.73 Å². The summed E-state index contributed by atoms with van der Waals surface area (Å²) >= 11 is 0. The first kappa shape index (κ1) is 13.7. The van der Waals surface area contributed by atoms with Crippen molar-refractivity contribution < 1.29 is 9.53 Å². The predicted octanol–water partition coefficient (Wildman–Crippen LogP) is 2.79. The molecule has 1 atom stereocenters. The largest absolute Gasteiger partial charge is 0.493 e. The fourth-order valence-electron chi connectivity index (χ4n) is 1.88. The second-order valence-electron chi connectivity index (χ2n) is 4.43. The molecule has 0 aliphatic heterocycles. The Bertz CT molecular complexity index is 386. The van der Waals surface area contributed by atoms with E-state index in [-0.39, 0.29) is 5.78 Å². The highest BCUT2D eigenvalue weighted by atomic mass is 16.5. The Morgan fingerprint density at radius 3 is 2.59 bits per heavy atom. The molecule has 3 nitrogen and oxygen atoms in total. The molecule has 0 aliphatic rings. The minimum atomic E-state index is -0.818. The zero-order valence-corrected chi connectivity index (χ0v) is 10.8. The predicted molar refractivity (Wildman–Crippen MR) is 69.4 cm³/mol. The highest BCUT2D eigenvalue weighted by Gasteiger charge is 2.30. The summed E-state index contributed by atoms with van der Waals surface area (Å²) in [5.74, 6) is 0.566. The first-order valence-corrected chi connectivity index (χ1v) is 6.08. The molecule has 0 aliphatic carbocycles. The summed E-state index contributed by atoms with van der Waals surface area (Å²) in [5, 5.41) is 0. The van der Waals surface area contributed by atoms with Crippen LogP contribution in [0.4, 0.5) is 0 Å². The minimum Gasteiger partial charge on any atom is -0.493 e. The standard InChI is InChI=1S/C14H21NO2/c1-4-10-14(3,15)13(16)11-8-6-7-9-12(11)17-5-2/h6-9H,4-5,10,15H2,1-3H3. The molecule has 0 saturated heterocycles. The Balaban J connectivity index is 3.03. The summed E-state index contributed by atoms with van der Waals surface area (Å²) in [5.41, 5.74) is 5.82. The van der Waals surface area contributed by atoms with E-state index in [0.717, 1.165) is 6.42 Å². The van der Waals surface area contributed by atoms with Crippen LogP contribution in [0.25, 0.3) is 0 Å². The molecule has 0 amide bonds. The van der Waals surface area contributed by atoms with Crippen LogP contribution in [0, 0.1) is 0 Å². The van der Waals surface area contributed by atoms with Gasteiger partial charge in [-0.05, 0) is 32.4 Å². The van der Waals surface area contributed by atoms with Crippen molar-refractivity contribution in [2.75, 3.05) is 6.61 Å². The Labute approximate surface area is 103 Å². The molecule has 0 radical (unpaired) electrons. The highest BCUT2D eigenvalue weighted by molar-refractivity contribution is 6.04. The van der Waals surface area contributed by atoms with Gasteiger partial charge in [-0.15, -0.1) is 0 Å². The molecule has 1 aromatic rings. The number of carbonyl (C=O) groups is 1. The number of ketones is 1. The van der Waals surface area contributed by atoms with Gasteiger partial charge in [-0.2, -0.15) is 0 Å². The maximum Gasteiger partial charge on any atom is 0.186 e. The molecular formula is C14H21NO2. The lowest BCUT2D eigenvalue weighted by Gasteiger charge is -2.23. The van der Waals surface area contributed by atoms with Gasteiger partial charge < -0.3 is 10.5 Å². The molecule has 17 heavy (non-hydrogen) atoms. The first-order valence-electron chi connectivity index (χ1n) is 6.08. The number of carbonyl (C=O) groups excluding carboxylic acids is 1. The lowest BCUT2D eigenvalue weighted by molar-refractivity contribution is 0.0889. The minimum absolute atomic E-state index is 0.0524. The molecule has 0 spiro atoms. The van der Waals surface area contributed by atoms with E-state index in [0.29, 0.717) is 24.3 Å². The average molecular weight is 235 g/mol. The smallest absolute Gasteiger partial charge is 0.186 e. The summed E-state index contributed by atoms with van der Waals surface area (Å²) in [6, 6.07) is 7.26. The molecule has 1 aromatic carbocycles. The highest BCUT2D eigenvalue weighted by Crippen LogP contribution is 2.24. The van der Waals surface area contributed by atoms with Crippen LogP contribution in [0.15, 0.2) is 24.3 Å². The van der Waals surface area contributed by atoms with Crippen LogP contribution >= 0.6 is 0 Å². The van der Waals surface area contributed by atoms with E-state index in [4.69, 9.17) is 10.5 Å². The molecule has 0 bridgehead atoms. The molecule has 0 fully saturated rings. The van der Waals surface area contributed by atoms with Crippen molar-refractivity contribution in [3.8, 4) is 5.75 Å². The van der Waals surface area contributed by atoms with Crippen LogP contribution in [-0.4, -0.2) is 17.9 Å². The molecule has 1 rings (SSSR count). The fraction of sp³-hybridized carbons (Fsp3) is 0.500. The van der Waals surface area contributed by atoms with Crippen LogP contribution in [0.3, 0.4) is 0 Å². The van der Waals surface area contributed by atoms with Crippen molar-refractivity contribution in [3.63, 3.8) is 0 Å². The Kier molecular flexibility index (Phi) is 4.70. The number of para-hydroxylation sites is 1. The molecule has 0 saturated carbocycles. The van der Waals surface area contributed by atoms with Gasteiger partial charge in [-0.1, -0.05) is 25.5 Å². The normalized spacial score (nSPS) is 14.1. The molecule has 3 heteroatoms. The third kappa shape index (κ3) is 3.30. The van der Waals surface area contributed by atoms with Crippen molar-refractivity contribution in [1.29, 1.82) is 0 Å². The lowest BCUT2D eigenvalue weighted by atomic mass is 9.88. The summed E-state index contributed by atoms with van der Waals surface area (Å²) in [7, 11) is 0. The number of benzene rings is 1. The van der Waals surface area contributed by atoms with Gasteiger partial charge in [0.15, 0.2) is 5.78 Å². The van der Waals surface area contributed by atoms with Crippen molar-refractivity contribution >= 4 is 5.78 Å². The number of rotatable bonds is 6. The molecule has 1 unspecified atom stereocenters. The van der Waals surface area contributed by atoms with E-state index >= 15 is 0 Å². The molecule has 0 aromatic heterocycles. The second kappa shape index (κ2) is 5.82. The van der Waals surface area contributed by atoms with E-state index < -0.39 is 5.54 Å².